The zero-order valence-electron chi connectivity index (χ0n) is 53.5. The molecule has 0 radical (unpaired) electrons. The maximum absolute atomic E-state index is 16.5. The van der Waals surface area contributed by atoms with E-state index in [2.05, 4.69) is 65.2 Å². The van der Waals surface area contributed by atoms with E-state index in [1.807, 2.05) is 36.4 Å². The number of aliphatic hydroxyl groups is 6. The van der Waals surface area contributed by atoms with E-state index >= 15 is 9.90 Å². The zero-order valence-corrected chi connectivity index (χ0v) is 55.2. The molecule has 2 saturated heterocycles. The number of nitrogens with zero attached hydrogens (tertiary/aromatic N) is 3. The highest BCUT2D eigenvalue weighted by Crippen LogP contribution is 2.82. The molecule has 11 N–H and O–H groups in total. The van der Waals surface area contributed by atoms with E-state index < -0.39 is 69.4 Å². The maximum atomic E-state index is 16.5. The van der Waals surface area contributed by atoms with E-state index in [-0.39, 0.29) is 95.0 Å². The first kappa shape index (κ1) is 62.2. The molecule has 482 valence electrons. The molecule has 2 aliphatic heterocycles. The number of carbonyl (C=O) groups excluding carboxylic acids is 1. The molecular formula is C71H109N7O7S2. The van der Waals surface area contributed by atoms with Crippen LogP contribution in [0.5, 0.6) is 0 Å². The summed E-state index contributed by atoms with van der Waals surface area (Å²) in [4.78, 5) is 26.5. The van der Waals surface area contributed by atoms with Gasteiger partial charge in [0.05, 0.1) is 36.8 Å². The molecule has 3 heterocycles. The van der Waals surface area contributed by atoms with Crippen LogP contribution in [0.4, 0.5) is 0 Å². The van der Waals surface area contributed by atoms with E-state index in [9.17, 15) is 25.5 Å². The van der Waals surface area contributed by atoms with Crippen LogP contribution in [-0.2, 0) is 4.79 Å². The van der Waals surface area contributed by atoms with Crippen molar-refractivity contribution >= 4 is 33.3 Å². The summed E-state index contributed by atoms with van der Waals surface area (Å²) in [6, 6.07) is 0.109. The first-order valence-electron chi connectivity index (χ1n) is 35.3. The number of imidazole rings is 1. The third-order valence-corrected chi connectivity index (χ3v) is 31.8. The minimum atomic E-state index is -1.71. The van der Waals surface area contributed by atoms with Gasteiger partial charge in [-0.2, -0.15) is 0 Å². The number of rotatable bonds is 11. The van der Waals surface area contributed by atoms with Crippen LogP contribution in [0.15, 0.2) is 57.7 Å². The summed E-state index contributed by atoms with van der Waals surface area (Å²) in [5, 5.41) is 90.9. The molecule has 13 aliphatic rings. The van der Waals surface area contributed by atoms with Crippen molar-refractivity contribution in [2.45, 2.75) is 223 Å². The van der Waals surface area contributed by atoms with Gasteiger partial charge in [-0.05, 0) is 223 Å². The molecule has 87 heavy (non-hydrogen) atoms. The van der Waals surface area contributed by atoms with Gasteiger partial charge in [0.15, 0.2) is 11.7 Å². The van der Waals surface area contributed by atoms with Gasteiger partial charge in [0, 0.05) is 77.0 Å². The zero-order chi connectivity index (χ0) is 60.8. The SMILES string of the molecule is CNC[C@@H]1[C@@H](O)[C@@H](O)C[C@@]2(CCCC(C)C)[C@@H]1C(=O)C=C1[C@@H]2[C@H](CN=C(N)N[C@@H](C)O)[C@H]2CC[C@H]3[C@@H]4[C@H](O)[C@@H]5C6=C(CCC[C@H]63)[C@H]3C(=C5C(C)(C)C[C@H](n5ccnc5)CSS[C@]5(CCCC56CCNCC6)[C@H]5C[C@H]4[C@]2(CO)[C@]15O)CCCC31CCCC1. The summed E-state index contributed by atoms with van der Waals surface area (Å²) in [5.74, 6) is -1.43. The summed E-state index contributed by atoms with van der Waals surface area (Å²) < 4.78 is 1.90. The fraction of sp³-hybridized carbons (Fsp3) is 0.845. The van der Waals surface area contributed by atoms with Crippen molar-refractivity contribution in [3.8, 4) is 0 Å². The Hall–Kier alpha value is -2.25. The van der Waals surface area contributed by atoms with Gasteiger partial charge in [0.2, 0.25) is 0 Å². The van der Waals surface area contributed by atoms with Crippen molar-refractivity contribution in [3.63, 3.8) is 0 Å². The van der Waals surface area contributed by atoms with Crippen molar-refractivity contribution in [2.75, 3.05) is 45.6 Å². The lowest BCUT2D eigenvalue weighted by atomic mass is 9.37. The second kappa shape index (κ2) is 23.0. The maximum Gasteiger partial charge on any atom is 0.190 e. The largest absolute Gasteiger partial charge is 0.396 e. The van der Waals surface area contributed by atoms with Crippen molar-refractivity contribution in [1.29, 1.82) is 0 Å². The first-order valence-corrected chi connectivity index (χ1v) is 37.6. The Morgan fingerprint density at radius 3 is 2.41 bits per heavy atom. The topological polar surface area (TPSA) is 231 Å². The molecular weight excluding hydrogens is 1130 g/mol. The number of piperidine rings is 1. The molecule has 0 aromatic carbocycles. The van der Waals surface area contributed by atoms with Crippen LogP contribution in [0.2, 0.25) is 0 Å². The van der Waals surface area contributed by atoms with Gasteiger partial charge in [-0.3, -0.25) is 9.79 Å². The molecule has 1 aromatic rings. The highest BCUT2D eigenvalue weighted by atomic mass is 33.1. The van der Waals surface area contributed by atoms with Crippen LogP contribution in [0, 0.1) is 104 Å². The lowest BCUT2D eigenvalue weighted by Crippen LogP contribution is -2.73. The molecule has 4 bridgehead atoms. The molecule has 0 amide bonds. The fourth-order valence-electron chi connectivity index (χ4n) is 25.9. The van der Waals surface area contributed by atoms with E-state index in [0.717, 1.165) is 108 Å². The molecule has 0 unspecified atom stereocenters. The Morgan fingerprint density at radius 2 is 1.69 bits per heavy atom. The van der Waals surface area contributed by atoms with Gasteiger partial charge >= 0.3 is 0 Å². The van der Waals surface area contributed by atoms with Crippen molar-refractivity contribution in [1.82, 2.24) is 25.5 Å². The first-order chi connectivity index (χ1) is 41.8. The monoisotopic (exact) mass is 1240 g/mol. The second-order valence-corrected chi connectivity index (χ2v) is 35.3. The Balaban J connectivity index is 1.07. The van der Waals surface area contributed by atoms with Crippen molar-refractivity contribution in [2.24, 2.45) is 115 Å². The second-order valence-electron chi connectivity index (χ2n) is 32.6. The number of guanidine groups is 1. The third kappa shape index (κ3) is 9.05. The number of allylic oxidation sites excluding steroid dienone is 3. The molecule has 3 spiro atoms. The Labute approximate surface area is 527 Å². The fourth-order valence-corrected chi connectivity index (χ4v) is 30.2. The number of hydrogen-bond donors (Lipinski definition) is 10. The summed E-state index contributed by atoms with van der Waals surface area (Å²) in [6.07, 6.45) is 26.8. The van der Waals surface area contributed by atoms with Crippen LogP contribution in [0.1, 0.15) is 188 Å². The van der Waals surface area contributed by atoms with Crippen LogP contribution >= 0.6 is 21.6 Å². The van der Waals surface area contributed by atoms with Crippen LogP contribution < -0.4 is 21.7 Å². The highest BCUT2D eigenvalue weighted by molar-refractivity contribution is 8.77. The lowest BCUT2D eigenvalue weighted by molar-refractivity contribution is -0.224. The average molecular weight is 1240 g/mol. The molecule has 1 aromatic heterocycles. The summed E-state index contributed by atoms with van der Waals surface area (Å²) in [5.41, 5.74) is 10.1. The van der Waals surface area contributed by atoms with Crippen molar-refractivity contribution in [3.05, 3.63) is 52.7 Å². The number of hydrogen-bond acceptors (Lipinski definition) is 13. The average Bonchev–Trinajstić information content (AvgIpc) is 1.56. The number of nitrogens with two attached hydrogens (primary N) is 1. The molecule has 14 rings (SSSR count). The van der Waals surface area contributed by atoms with Gasteiger partial charge in [0.1, 0.15) is 6.23 Å². The highest BCUT2D eigenvalue weighted by Gasteiger charge is 2.83. The number of aliphatic imine (C=N–C) groups is 1. The van der Waals surface area contributed by atoms with Gasteiger partial charge in [-0.25, -0.2) is 4.98 Å². The number of carbonyl (C=O) groups is 1. The quantitative estimate of drug-likeness (QED) is 0.0327. The van der Waals surface area contributed by atoms with Crippen LogP contribution in [0.3, 0.4) is 0 Å². The van der Waals surface area contributed by atoms with Crippen molar-refractivity contribution < 1.29 is 35.4 Å². The Kier molecular flexibility index (Phi) is 16.5. The van der Waals surface area contributed by atoms with E-state index in [4.69, 9.17) is 15.7 Å². The number of nitrogens with one attached hydrogen (secondary N) is 3. The lowest BCUT2D eigenvalue weighted by Gasteiger charge is -2.69. The standard InChI is InChI=1S/C71H109N7O7S2/c1-40(2)13-10-23-68-34-53(82)62(83)48(35-73-6)60(68)52(81)31-51-59(68)47(36-76-64(72)77-41(3)80)49-18-17-44-43-14-9-15-45-55(43)57-61(46-16-11-21-66(58(45)46)19-7-8-20-66)65(4,5)33-42(78-30-29-75-39-78)37-86-87-70(24-12-22-67(70)25-27-74-28-26-67)54-32-50(56(44)63(57)84)69(49,38-79)71(51,54)85/h29-31,39-44,47-50,53-54,56-60,62-63,73-74,79-80,82-85H,7-28,32-38H2,1-6H3,(H3,72,76,77)/t41-,42+,43+,44-,47-,48+,49-,50-,53+,54-,56+,57-,58+,59+,60+,62-,63+,68-,69-,70-,71+/m1/s1. The van der Waals surface area contributed by atoms with E-state index in [0.29, 0.717) is 37.6 Å². The summed E-state index contributed by atoms with van der Waals surface area (Å²) in [6.45, 7) is 13.3. The number of aromatic nitrogens is 2. The summed E-state index contributed by atoms with van der Waals surface area (Å²) >= 11 is 0. The summed E-state index contributed by atoms with van der Waals surface area (Å²) in [7, 11) is 5.95. The van der Waals surface area contributed by atoms with Crippen LogP contribution in [0.25, 0.3) is 0 Å². The molecule has 14 nitrogen and oxygen atoms in total. The molecule has 16 heteroatoms. The predicted octanol–water partition coefficient (Wildman–Crippen LogP) is 9.66. The predicted molar refractivity (Wildman–Crippen MR) is 346 cm³/mol. The van der Waals surface area contributed by atoms with Gasteiger partial charge in [-0.15, -0.1) is 0 Å². The normalized spacial score (nSPS) is 45.5. The Bertz CT molecular complexity index is 2880. The van der Waals surface area contributed by atoms with Gasteiger partial charge < -0.3 is 56.9 Å². The van der Waals surface area contributed by atoms with Gasteiger partial charge in [-0.1, -0.05) is 104 Å². The number of ketones is 1. The number of aliphatic hydroxyl groups excluding tert-OH is 5. The smallest absolute Gasteiger partial charge is 0.190 e. The Morgan fingerprint density at radius 1 is 0.920 bits per heavy atom. The van der Waals surface area contributed by atoms with E-state index in [1.165, 1.54) is 44.1 Å². The molecule has 10 fully saturated rings. The minimum absolute atomic E-state index is 0.0821. The number of fused-ring (bicyclic) bond motifs is 12. The van der Waals surface area contributed by atoms with Gasteiger partial charge in [0.25, 0.3) is 0 Å². The molecule has 11 aliphatic carbocycles. The molecule has 21 atom stereocenters. The third-order valence-electron chi connectivity index (χ3n) is 28.3. The van der Waals surface area contributed by atoms with E-state index in [1.54, 1.807) is 23.6 Å². The minimum Gasteiger partial charge on any atom is -0.396 e. The molecule has 8 saturated carbocycles. The van der Waals surface area contributed by atoms with Crippen LogP contribution in [-0.4, -0.2) is 132 Å².